The molecule has 4 rings (SSSR count). The van der Waals surface area contributed by atoms with Crippen LogP contribution in [0.4, 0.5) is 0 Å². The number of aliphatic carboxylic acids is 1. The van der Waals surface area contributed by atoms with Gasteiger partial charge in [0.1, 0.15) is 6.61 Å². The van der Waals surface area contributed by atoms with E-state index in [4.69, 9.17) is 9.84 Å². The van der Waals surface area contributed by atoms with Crippen LogP contribution >= 0.6 is 11.8 Å². The highest BCUT2D eigenvalue weighted by atomic mass is 32.2. The minimum absolute atomic E-state index is 0.00449. The van der Waals surface area contributed by atoms with E-state index >= 15 is 0 Å². The highest BCUT2D eigenvalue weighted by Gasteiger charge is 2.26. The number of carbonyl (C=O) groups is 1. The molecule has 0 amide bonds. The number of thioether (sulfide) groups is 1. The second kappa shape index (κ2) is 9.29. The summed E-state index contributed by atoms with van der Waals surface area (Å²) in [6.07, 6.45) is 1.89. The number of pyridine rings is 1. The summed E-state index contributed by atoms with van der Waals surface area (Å²) in [6, 6.07) is 12.4. The lowest BCUT2D eigenvalue weighted by Crippen LogP contribution is -2.06. The maximum absolute atomic E-state index is 11.1. The third-order valence-electron chi connectivity index (χ3n) is 6.16. The molecule has 0 unspecified atom stereocenters. The fraction of sp³-hybridized carbons (Fsp3) is 0.296. The fourth-order valence-corrected chi connectivity index (χ4v) is 5.77. The number of fused-ring (bicyclic) bond motifs is 1. The molecule has 1 atom stereocenters. The predicted molar refractivity (Wildman–Crippen MR) is 130 cm³/mol. The zero-order valence-corrected chi connectivity index (χ0v) is 20.0. The van der Waals surface area contributed by atoms with Gasteiger partial charge in [-0.1, -0.05) is 6.07 Å². The highest BCUT2D eigenvalue weighted by molar-refractivity contribution is 7.99. The molecule has 0 saturated carbocycles. The first-order valence-corrected chi connectivity index (χ1v) is 11.8. The second-order valence-corrected chi connectivity index (χ2v) is 9.71. The monoisotopic (exact) mass is 458 g/mol. The molecule has 1 aromatic heterocycles. The predicted octanol–water partition coefficient (Wildman–Crippen LogP) is 6.10. The normalized spacial score (nSPS) is 14.6. The average molecular weight is 459 g/mol. The number of benzene rings is 2. The Balaban J connectivity index is 1.58. The van der Waals surface area contributed by atoms with E-state index < -0.39 is 5.97 Å². The molecule has 0 aliphatic carbocycles. The van der Waals surface area contributed by atoms with Crippen molar-refractivity contribution in [1.29, 1.82) is 5.26 Å². The number of carboxylic acids is 1. The van der Waals surface area contributed by atoms with Gasteiger partial charge in [-0.05, 0) is 90.4 Å². The minimum atomic E-state index is -0.785. The number of rotatable bonds is 6. The number of hydrogen-bond donors (Lipinski definition) is 1. The Kier molecular flexibility index (Phi) is 6.44. The van der Waals surface area contributed by atoms with Crippen LogP contribution in [-0.4, -0.2) is 21.8 Å². The first-order valence-electron chi connectivity index (χ1n) is 10.9. The molecule has 3 aromatic rings. The Bertz CT molecular complexity index is 1270. The minimum Gasteiger partial charge on any atom is -0.481 e. The van der Waals surface area contributed by atoms with Crippen molar-refractivity contribution in [2.75, 3.05) is 5.75 Å². The summed E-state index contributed by atoms with van der Waals surface area (Å²) >= 11 is 1.66. The standard InChI is InChI=1S/C27H26N2O3S/c1-15-5-16(2)22(27-17(3)6-19(11-28)7-18(27)4)8-20(15)13-32-25-10-24-23(12-29-25)21(14-33-24)9-26(30)31/h5-8,10,12,21H,9,13-14H2,1-4H3,(H,30,31)/t21-/m1/s1. The fourth-order valence-electron chi connectivity index (χ4n) is 4.53. The zero-order chi connectivity index (χ0) is 23.7. The lowest BCUT2D eigenvalue weighted by atomic mass is 9.89. The molecular formula is C27H26N2O3S. The molecule has 6 heteroatoms. The van der Waals surface area contributed by atoms with E-state index in [1.54, 1.807) is 18.0 Å². The molecule has 1 N–H and O–H groups in total. The van der Waals surface area contributed by atoms with Gasteiger partial charge in [0.05, 0.1) is 18.1 Å². The molecule has 2 heterocycles. The van der Waals surface area contributed by atoms with Crippen LogP contribution in [0.1, 0.15) is 51.3 Å². The average Bonchev–Trinajstić information content (AvgIpc) is 3.15. The summed E-state index contributed by atoms with van der Waals surface area (Å²) in [5, 5.41) is 18.4. The van der Waals surface area contributed by atoms with Crippen LogP contribution in [0.15, 0.2) is 41.4 Å². The van der Waals surface area contributed by atoms with Gasteiger partial charge in [0.25, 0.3) is 0 Å². The third-order valence-corrected chi connectivity index (χ3v) is 7.39. The number of ether oxygens (including phenoxy) is 1. The van der Waals surface area contributed by atoms with Gasteiger partial charge in [-0.15, -0.1) is 11.8 Å². The van der Waals surface area contributed by atoms with Gasteiger partial charge in [0, 0.05) is 28.8 Å². The van der Waals surface area contributed by atoms with Gasteiger partial charge in [0.2, 0.25) is 5.88 Å². The molecular weight excluding hydrogens is 432 g/mol. The third kappa shape index (κ3) is 4.74. The zero-order valence-electron chi connectivity index (χ0n) is 19.2. The molecule has 168 valence electrons. The molecule has 0 fully saturated rings. The number of aryl methyl sites for hydroxylation is 4. The molecule has 5 nitrogen and oxygen atoms in total. The van der Waals surface area contributed by atoms with Crippen LogP contribution in [0.5, 0.6) is 5.88 Å². The van der Waals surface area contributed by atoms with Gasteiger partial charge in [0.15, 0.2) is 0 Å². The van der Waals surface area contributed by atoms with Gasteiger partial charge in [-0.25, -0.2) is 4.98 Å². The van der Waals surface area contributed by atoms with Crippen LogP contribution in [0.25, 0.3) is 11.1 Å². The summed E-state index contributed by atoms with van der Waals surface area (Å²) < 4.78 is 6.06. The number of hydrogen-bond acceptors (Lipinski definition) is 5. The van der Waals surface area contributed by atoms with E-state index in [1.165, 1.54) is 5.56 Å². The Hall–Kier alpha value is -3.30. The Morgan fingerprint density at radius 1 is 1.12 bits per heavy atom. The van der Waals surface area contributed by atoms with Crippen LogP contribution in [0.3, 0.4) is 0 Å². The van der Waals surface area contributed by atoms with Crippen LogP contribution < -0.4 is 4.74 Å². The van der Waals surface area contributed by atoms with Crippen molar-refractivity contribution in [2.24, 2.45) is 0 Å². The van der Waals surface area contributed by atoms with Gasteiger partial charge < -0.3 is 9.84 Å². The van der Waals surface area contributed by atoms with Crippen LogP contribution in [0, 0.1) is 39.0 Å². The topological polar surface area (TPSA) is 83.2 Å². The van der Waals surface area contributed by atoms with Gasteiger partial charge >= 0.3 is 5.97 Å². The Morgan fingerprint density at radius 3 is 2.52 bits per heavy atom. The summed E-state index contributed by atoms with van der Waals surface area (Å²) in [6.45, 7) is 8.67. The number of carboxylic acid groups (broad SMARTS) is 1. The maximum atomic E-state index is 11.1. The van der Waals surface area contributed by atoms with Crippen molar-refractivity contribution >= 4 is 17.7 Å². The summed E-state index contributed by atoms with van der Waals surface area (Å²) in [5.41, 5.74) is 9.55. The maximum Gasteiger partial charge on any atom is 0.303 e. The van der Waals surface area contributed by atoms with Crippen molar-refractivity contribution in [3.05, 3.63) is 75.5 Å². The SMILES string of the molecule is Cc1cc(C)c(-c2c(C)cc(C#N)cc2C)cc1COc1cc2c(cn1)[C@H](CC(=O)O)CS2. The Labute approximate surface area is 198 Å². The van der Waals surface area contributed by atoms with Crippen molar-refractivity contribution in [3.8, 4) is 23.1 Å². The lowest BCUT2D eigenvalue weighted by Gasteiger charge is -2.17. The van der Waals surface area contributed by atoms with Crippen LogP contribution in [-0.2, 0) is 11.4 Å². The van der Waals surface area contributed by atoms with E-state index in [-0.39, 0.29) is 12.3 Å². The van der Waals surface area contributed by atoms with E-state index in [0.29, 0.717) is 18.1 Å². The van der Waals surface area contributed by atoms with Crippen LogP contribution in [0.2, 0.25) is 0 Å². The molecule has 0 saturated heterocycles. The molecule has 0 radical (unpaired) electrons. The van der Waals surface area contributed by atoms with Crippen molar-refractivity contribution < 1.29 is 14.6 Å². The van der Waals surface area contributed by atoms with Crippen molar-refractivity contribution in [3.63, 3.8) is 0 Å². The summed E-state index contributed by atoms with van der Waals surface area (Å²) in [5.74, 6) is 0.526. The summed E-state index contributed by atoms with van der Waals surface area (Å²) in [7, 11) is 0. The molecule has 0 spiro atoms. The van der Waals surface area contributed by atoms with Gasteiger partial charge in [-0.3, -0.25) is 4.79 Å². The number of nitriles is 1. The van der Waals surface area contributed by atoms with E-state index in [0.717, 1.165) is 49.6 Å². The number of nitrogens with zero attached hydrogens (tertiary/aromatic N) is 2. The molecule has 1 aliphatic heterocycles. The van der Waals surface area contributed by atoms with Gasteiger partial charge in [-0.2, -0.15) is 5.26 Å². The first kappa shape index (κ1) is 22.9. The largest absolute Gasteiger partial charge is 0.481 e. The first-order chi connectivity index (χ1) is 15.8. The van der Waals surface area contributed by atoms with E-state index in [1.807, 2.05) is 32.0 Å². The van der Waals surface area contributed by atoms with Crippen molar-refractivity contribution in [2.45, 2.75) is 51.5 Å². The Morgan fingerprint density at radius 2 is 1.85 bits per heavy atom. The lowest BCUT2D eigenvalue weighted by molar-refractivity contribution is -0.137. The highest BCUT2D eigenvalue weighted by Crippen LogP contribution is 2.42. The summed E-state index contributed by atoms with van der Waals surface area (Å²) in [4.78, 5) is 16.6. The van der Waals surface area contributed by atoms with Crippen molar-refractivity contribution in [1.82, 2.24) is 4.98 Å². The molecule has 33 heavy (non-hydrogen) atoms. The van der Waals surface area contributed by atoms with E-state index in [2.05, 4.69) is 37.0 Å². The quantitative estimate of drug-likeness (QED) is 0.481. The smallest absolute Gasteiger partial charge is 0.303 e. The molecule has 1 aliphatic rings. The second-order valence-electron chi connectivity index (χ2n) is 8.65. The van der Waals surface area contributed by atoms with E-state index in [9.17, 15) is 10.1 Å². The molecule has 0 bridgehead atoms. The molecule has 2 aromatic carbocycles. The number of aromatic nitrogens is 1.